The zero-order valence-electron chi connectivity index (χ0n) is 38.1. The molecule has 0 fully saturated rings. The molecule has 0 atom stereocenters. The summed E-state index contributed by atoms with van der Waals surface area (Å²) in [7, 11) is 0. The highest BCUT2D eigenvalue weighted by atomic mass is 16.5. The van der Waals surface area contributed by atoms with Crippen LogP contribution in [0.1, 0.15) is 47.2 Å². The van der Waals surface area contributed by atoms with Gasteiger partial charge >= 0.3 is 0 Å². The first-order valence-corrected chi connectivity index (χ1v) is 24.0. The zero-order valence-corrected chi connectivity index (χ0v) is 38.1. The van der Waals surface area contributed by atoms with Crippen LogP contribution < -0.4 is 9.64 Å². The SMILES string of the molecule is CC1(C)c2ccccc2-c2cc(N(c3ccc(-c4ccc5c(c4)oc4ccccc45)cc3)c3cccc4c3-c3ccccc3C43c4ccc5ccccc5c4Oc4c3ccc3ccccc43)ccc21. The molecule has 0 N–H and O–H groups in total. The van der Waals surface area contributed by atoms with Gasteiger partial charge in [0.05, 0.1) is 11.1 Å². The van der Waals surface area contributed by atoms with Crippen molar-refractivity contribution < 1.29 is 9.15 Å². The van der Waals surface area contributed by atoms with Crippen molar-refractivity contribution in [3.8, 4) is 44.9 Å². The van der Waals surface area contributed by atoms with E-state index in [1.165, 1.54) is 44.5 Å². The van der Waals surface area contributed by atoms with Crippen molar-refractivity contribution in [3.05, 3.63) is 258 Å². The van der Waals surface area contributed by atoms with Gasteiger partial charge in [-0.3, -0.25) is 0 Å². The number of rotatable bonds is 4. The van der Waals surface area contributed by atoms with Crippen LogP contribution in [0, 0.1) is 0 Å². The maximum atomic E-state index is 7.30. The zero-order chi connectivity index (χ0) is 45.6. The normalized spacial score (nSPS) is 14.3. The fourth-order valence-corrected chi connectivity index (χ4v) is 12.6. The number of fused-ring (bicyclic) bond motifs is 19. The largest absolute Gasteiger partial charge is 0.456 e. The van der Waals surface area contributed by atoms with E-state index >= 15 is 0 Å². The Morgan fingerprint density at radius 3 is 1.68 bits per heavy atom. The molecule has 15 rings (SSSR count). The molecule has 0 saturated heterocycles. The molecule has 1 aromatic heterocycles. The second kappa shape index (κ2) is 13.9. The van der Waals surface area contributed by atoms with Crippen molar-refractivity contribution >= 4 is 60.5 Å². The van der Waals surface area contributed by atoms with E-state index in [4.69, 9.17) is 9.15 Å². The molecule has 0 bridgehead atoms. The Labute approximate surface area is 400 Å². The molecule has 1 spiro atoms. The number of benzene rings is 11. The highest BCUT2D eigenvalue weighted by Gasteiger charge is 2.53. The maximum absolute atomic E-state index is 7.30. The van der Waals surface area contributed by atoms with Crippen LogP contribution in [0.5, 0.6) is 11.5 Å². The molecule has 324 valence electrons. The summed E-state index contributed by atoms with van der Waals surface area (Å²) in [6, 6.07) is 82.6. The van der Waals surface area contributed by atoms with Gasteiger partial charge in [-0.25, -0.2) is 0 Å². The monoisotopic (exact) mass is 881 g/mol. The van der Waals surface area contributed by atoms with Gasteiger partial charge < -0.3 is 14.1 Å². The summed E-state index contributed by atoms with van der Waals surface area (Å²) < 4.78 is 13.7. The van der Waals surface area contributed by atoms with Crippen LogP contribution in [0.4, 0.5) is 17.1 Å². The fourth-order valence-electron chi connectivity index (χ4n) is 12.6. The molecule has 2 aliphatic carbocycles. The number of nitrogens with zero attached hydrogens (tertiary/aromatic N) is 1. The van der Waals surface area contributed by atoms with Crippen molar-refractivity contribution in [2.45, 2.75) is 24.7 Å². The molecule has 3 nitrogen and oxygen atoms in total. The van der Waals surface area contributed by atoms with Gasteiger partial charge in [-0.2, -0.15) is 0 Å². The van der Waals surface area contributed by atoms with Crippen LogP contribution in [0.2, 0.25) is 0 Å². The summed E-state index contributed by atoms with van der Waals surface area (Å²) in [6.45, 7) is 4.71. The third-order valence-electron chi connectivity index (χ3n) is 15.7. The molecule has 1 aliphatic heterocycles. The lowest BCUT2D eigenvalue weighted by Crippen LogP contribution is -2.32. The van der Waals surface area contributed by atoms with E-state index < -0.39 is 5.41 Å². The van der Waals surface area contributed by atoms with Crippen molar-refractivity contribution in [2.75, 3.05) is 4.90 Å². The first kappa shape index (κ1) is 38.4. The molecule has 0 radical (unpaired) electrons. The lowest BCUT2D eigenvalue weighted by atomic mass is 9.65. The van der Waals surface area contributed by atoms with Crippen molar-refractivity contribution in [3.63, 3.8) is 0 Å². The predicted octanol–water partition coefficient (Wildman–Crippen LogP) is 17.8. The van der Waals surface area contributed by atoms with Gasteiger partial charge in [0.2, 0.25) is 0 Å². The van der Waals surface area contributed by atoms with Gasteiger partial charge in [0, 0.05) is 55.0 Å². The first-order valence-electron chi connectivity index (χ1n) is 24.0. The molecule has 2 heterocycles. The Kier molecular flexibility index (Phi) is 7.77. The van der Waals surface area contributed by atoms with Crippen LogP contribution >= 0.6 is 0 Å². The third-order valence-corrected chi connectivity index (χ3v) is 15.7. The standard InChI is InChI=1S/C66H43NO2/c1-65(2)53-21-10-7-18-48(53)52-39-45(33-37-54(52)65)67(44-31-26-40(27-32-44)43-28-34-50-49-19-9-12-25-60(49)68-61(50)38-43)59-24-13-23-56-62(59)51-20-8-11-22-55(51)66(56)57-35-29-41-14-3-5-16-46(41)63(57)69-64-47-17-6-4-15-42(47)30-36-58(64)66/h3-39H,1-2H3. The minimum Gasteiger partial charge on any atom is -0.456 e. The summed E-state index contributed by atoms with van der Waals surface area (Å²) in [6.07, 6.45) is 0. The molecular formula is C66H43NO2. The molecule has 0 amide bonds. The quantitative estimate of drug-likeness (QED) is 0.176. The summed E-state index contributed by atoms with van der Waals surface area (Å²) in [5, 5.41) is 6.80. The van der Waals surface area contributed by atoms with Gasteiger partial charge in [0.1, 0.15) is 22.7 Å². The van der Waals surface area contributed by atoms with E-state index in [0.717, 1.165) is 94.3 Å². The summed E-state index contributed by atoms with van der Waals surface area (Å²) in [5.41, 5.74) is 19.1. The Hall–Kier alpha value is -8.66. The smallest absolute Gasteiger partial charge is 0.140 e. The Morgan fingerprint density at radius 1 is 0.362 bits per heavy atom. The molecular weight excluding hydrogens is 839 g/mol. The molecule has 69 heavy (non-hydrogen) atoms. The van der Waals surface area contributed by atoms with Gasteiger partial charge in [0.25, 0.3) is 0 Å². The Morgan fingerprint density at radius 2 is 0.928 bits per heavy atom. The second-order valence-electron chi connectivity index (χ2n) is 19.5. The van der Waals surface area contributed by atoms with Crippen molar-refractivity contribution in [1.29, 1.82) is 0 Å². The maximum Gasteiger partial charge on any atom is 0.140 e. The number of hydrogen-bond donors (Lipinski definition) is 0. The number of ether oxygens (including phenoxy) is 1. The van der Waals surface area contributed by atoms with Crippen LogP contribution in [0.3, 0.4) is 0 Å². The molecule has 0 unspecified atom stereocenters. The van der Waals surface area contributed by atoms with Crippen molar-refractivity contribution in [1.82, 2.24) is 0 Å². The summed E-state index contributed by atoms with van der Waals surface area (Å²) in [4.78, 5) is 2.50. The van der Waals surface area contributed by atoms with Crippen LogP contribution in [-0.2, 0) is 10.8 Å². The van der Waals surface area contributed by atoms with E-state index in [1.54, 1.807) is 0 Å². The summed E-state index contributed by atoms with van der Waals surface area (Å²) >= 11 is 0. The molecule has 11 aromatic carbocycles. The van der Waals surface area contributed by atoms with Crippen LogP contribution in [0.15, 0.2) is 229 Å². The van der Waals surface area contributed by atoms with E-state index in [9.17, 15) is 0 Å². The minimum absolute atomic E-state index is 0.116. The van der Waals surface area contributed by atoms with E-state index in [2.05, 4.69) is 231 Å². The third kappa shape index (κ3) is 5.17. The van der Waals surface area contributed by atoms with E-state index in [1.807, 2.05) is 12.1 Å². The average Bonchev–Trinajstić information content (AvgIpc) is 4.00. The molecule has 12 aromatic rings. The second-order valence-corrected chi connectivity index (χ2v) is 19.5. The molecule has 3 aliphatic rings. The topological polar surface area (TPSA) is 25.6 Å². The minimum atomic E-state index is -0.676. The van der Waals surface area contributed by atoms with Gasteiger partial charge in [-0.05, 0) is 109 Å². The lowest BCUT2D eigenvalue weighted by Gasteiger charge is -2.40. The van der Waals surface area contributed by atoms with E-state index in [0.29, 0.717) is 0 Å². The van der Waals surface area contributed by atoms with Crippen LogP contribution in [0.25, 0.3) is 76.9 Å². The predicted molar refractivity (Wildman–Crippen MR) is 284 cm³/mol. The van der Waals surface area contributed by atoms with Crippen molar-refractivity contribution in [2.24, 2.45) is 0 Å². The molecule has 3 heteroatoms. The van der Waals surface area contributed by atoms with Gasteiger partial charge in [0.15, 0.2) is 0 Å². The Bertz CT molecular complexity index is 4070. The Balaban J connectivity index is 0.988. The number of furan rings is 1. The van der Waals surface area contributed by atoms with Gasteiger partial charge in [-0.15, -0.1) is 0 Å². The summed E-state index contributed by atoms with van der Waals surface area (Å²) in [5.74, 6) is 1.83. The van der Waals surface area contributed by atoms with Crippen LogP contribution in [-0.4, -0.2) is 0 Å². The number of anilines is 3. The first-order chi connectivity index (χ1) is 34.0. The fraction of sp³-hybridized carbons (Fsp3) is 0.0606. The highest BCUT2D eigenvalue weighted by molar-refractivity contribution is 6.07. The highest BCUT2D eigenvalue weighted by Crippen LogP contribution is 2.66. The number of hydrogen-bond acceptors (Lipinski definition) is 3. The van der Waals surface area contributed by atoms with Gasteiger partial charge in [-0.1, -0.05) is 190 Å². The molecule has 0 saturated carbocycles. The lowest BCUT2D eigenvalue weighted by molar-refractivity contribution is 0.447. The van der Waals surface area contributed by atoms with E-state index in [-0.39, 0.29) is 5.41 Å². The average molecular weight is 882 g/mol. The number of para-hydroxylation sites is 1.